The summed E-state index contributed by atoms with van der Waals surface area (Å²) in [7, 11) is 2.98. The van der Waals surface area contributed by atoms with Crippen LogP contribution >= 0.6 is 0 Å². The summed E-state index contributed by atoms with van der Waals surface area (Å²) in [6, 6.07) is 5.87. The molecule has 0 bridgehead atoms. The molecule has 1 aromatic rings. The van der Waals surface area contributed by atoms with Gasteiger partial charge in [0, 0.05) is 6.07 Å². The lowest BCUT2D eigenvalue weighted by Crippen LogP contribution is -2.14. The van der Waals surface area contributed by atoms with Crippen LogP contribution in [0.4, 0.5) is 5.69 Å². The number of hydrogen-bond acceptors (Lipinski definition) is 5. The minimum absolute atomic E-state index is 0.143. The van der Waals surface area contributed by atoms with Gasteiger partial charge in [-0.2, -0.15) is 5.26 Å². The number of rotatable bonds is 4. The maximum atomic E-state index is 10.8. The van der Waals surface area contributed by atoms with Crippen molar-refractivity contribution in [3.63, 3.8) is 0 Å². The molecule has 1 rings (SSSR count). The second-order valence-corrected chi connectivity index (χ2v) is 3.04. The maximum absolute atomic E-state index is 10.8. The molecule has 0 saturated carbocycles. The molecule has 0 amide bonds. The summed E-state index contributed by atoms with van der Waals surface area (Å²) >= 11 is 0. The van der Waals surface area contributed by atoms with Crippen LogP contribution in [0.1, 0.15) is 11.6 Å². The van der Waals surface area contributed by atoms with Gasteiger partial charge >= 0.3 is 5.69 Å². The van der Waals surface area contributed by atoms with Gasteiger partial charge in [-0.3, -0.25) is 10.1 Å². The van der Waals surface area contributed by atoms with Crippen molar-refractivity contribution in [1.82, 2.24) is 5.32 Å². The molecule has 16 heavy (non-hydrogen) atoms. The molecule has 6 heteroatoms. The van der Waals surface area contributed by atoms with Crippen molar-refractivity contribution in [3.8, 4) is 11.8 Å². The Hall–Kier alpha value is -2.13. The van der Waals surface area contributed by atoms with E-state index in [0.717, 1.165) is 0 Å². The highest BCUT2D eigenvalue weighted by Gasteiger charge is 2.18. The molecule has 1 atom stereocenters. The number of benzene rings is 1. The van der Waals surface area contributed by atoms with Gasteiger partial charge in [0.25, 0.3) is 0 Å². The van der Waals surface area contributed by atoms with E-state index in [1.54, 1.807) is 13.1 Å². The zero-order valence-electron chi connectivity index (χ0n) is 8.93. The molecule has 6 nitrogen and oxygen atoms in total. The largest absolute Gasteiger partial charge is 0.490 e. The second kappa shape index (κ2) is 5.09. The van der Waals surface area contributed by atoms with Crippen molar-refractivity contribution in [2.75, 3.05) is 14.2 Å². The van der Waals surface area contributed by atoms with Crippen LogP contribution in [-0.2, 0) is 0 Å². The predicted molar refractivity (Wildman–Crippen MR) is 57.1 cm³/mol. The van der Waals surface area contributed by atoms with Crippen molar-refractivity contribution in [3.05, 3.63) is 33.9 Å². The Balaban J connectivity index is 3.22. The molecule has 0 radical (unpaired) electrons. The van der Waals surface area contributed by atoms with E-state index in [1.165, 1.54) is 19.2 Å². The van der Waals surface area contributed by atoms with E-state index in [4.69, 9.17) is 10.00 Å². The molecule has 1 aromatic carbocycles. The Kier molecular flexibility index (Phi) is 3.80. The third-order valence-electron chi connectivity index (χ3n) is 2.15. The minimum atomic E-state index is -0.565. The lowest BCUT2D eigenvalue weighted by molar-refractivity contribution is -0.385. The highest BCUT2D eigenvalue weighted by molar-refractivity contribution is 5.50. The van der Waals surface area contributed by atoms with Gasteiger partial charge in [0.05, 0.1) is 18.1 Å². The van der Waals surface area contributed by atoms with Gasteiger partial charge in [0.1, 0.15) is 6.04 Å². The Morgan fingerprint density at radius 2 is 2.31 bits per heavy atom. The van der Waals surface area contributed by atoms with E-state index < -0.39 is 11.0 Å². The molecule has 84 valence electrons. The van der Waals surface area contributed by atoms with E-state index >= 15 is 0 Å². The van der Waals surface area contributed by atoms with Crippen LogP contribution in [0.3, 0.4) is 0 Å². The average molecular weight is 221 g/mol. The third-order valence-corrected chi connectivity index (χ3v) is 2.15. The number of nitrogens with zero attached hydrogens (tertiary/aromatic N) is 2. The molecule has 0 fully saturated rings. The van der Waals surface area contributed by atoms with Crippen LogP contribution in [0, 0.1) is 21.4 Å². The highest BCUT2D eigenvalue weighted by Crippen LogP contribution is 2.29. The first-order valence-corrected chi connectivity index (χ1v) is 4.53. The lowest BCUT2D eigenvalue weighted by Gasteiger charge is -2.09. The predicted octanol–water partition coefficient (Wildman–Crippen LogP) is 1.39. The number of ether oxygens (including phenoxy) is 1. The van der Waals surface area contributed by atoms with Crippen molar-refractivity contribution >= 4 is 5.69 Å². The maximum Gasteiger partial charge on any atom is 0.311 e. The highest BCUT2D eigenvalue weighted by atomic mass is 16.6. The summed E-state index contributed by atoms with van der Waals surface area (Å²) in [6.45, 7) is 0. The monoisotopic (exact) mass is 221 g/mol. The number of methoxy groups -OCH3 is 1. The van der Waals surface area contributed by atoms with Crippen LogP contribution in [-0.4, -0.2) is 19.1 Å². The first-order valence-electron chi connectivity index (χ1n) is 4.53. The standard InChI is InChI=1S/C10H11N3O3/c1-12-8(6-11)7-3-4-10(16-2)9(5-7)13(14)15/h3-5,8,12H,1-2H3. The first-order chi connectivity index (χ1) is 7.63. The zero-order valence-corrected chi connectivity index (χ0v) is 8.93. The van der Waals surface area contributed by atoms with Crippen LogP contribution in [0.15, 0.2) is 18.2 Å². The quantitative estimate of drug-likeness (QED) is 0.613. The third kappa shape index (κ3) is 2.27. The van der Waals surface area contributed by atoms with E-state index in [0.29, 0.717) is 5.56 Å². The smallest absolute Gasteiger partial charge is 0.311 e. The van der Waals surface area contributed by atoms with Crippen LogP contribution in [0.2, 0.25) is 0 Å². The van der Waals surface area contributed by atoms with E-state index in [9.17, 15) is 10.1 Å². The van der Waals surface area contributed by atoms with Crippen molar-refractivity contribution in [2.24, 2.45) is 0 Å². The fraction of sp³-hybridized carbons (Fsp3) is 0.300. The van der Waals surface area contributed by atoms with Crippen molar-refractivity contribution < 1.29 is 9.66 Å². The van der Waals surface area contributed by atoms with Crippen LogP contribution in [0.25, 0.3) is 0 Å². The Morgan fingerprint density at radius 3 is 2.75 bits per heavy atom. The molecule has 0 heterocycles. The number of hydrogen-bond donors (Lipinski definition) is 1. The number of nitrogens with one attached hydrogen (secondary N) is 1. The van der Waals surface area contributed by atoms with Gasteiger partial charge in [-0.15, -0.1) is 0 Å². The Morgan fingerprint density at radius 1 is 1.62 bits per heavy atom. The van der Waals surface area contributed by atoms with E-state index in [1.807, 2.05) is 6.07 Å². The van der Waals surface area contributed by atoms with E-state index in [-0.39, 0.29) is 11.4 Å². The summed E-state index contributed by atoms with van der Waals surface area (Å²) in [5.74, 6) is 0.182. The fourth-order valence-electron chi connectivity index (χ4n) is 1.34. The normalized spacial score (nSPS) is 11.6. The molecule has 1 N–H and O–H groups in total. The average Bonchev–Trinajstić information content (AvgIpc) is 2.30. The van der Waals surface area contributed by atoms with Gasteiger partial charge in [-0.25, -0.2) is 0 Å². The summed E-state index contributed by atoms with van der Waals surface area (Å²) in [5.41, 5.74) is 0.396. The number of nitro benzene ring substituents is 1. The second-order valence-electron chi connectivity index (χ2n) is 3.04. The van der Waals surface area contributed by atoms with E-state index in [2.05, 4.69) is 5.32 Å². The van der Waals surface area contributed by atoms with Gasteiger partial charge < -0.3 is 10.1 Å². The summed E-state index contributed by atoms with van der Waals surface area (Å²) in [6.07, 6.45) is 0. The van der Waals surface area contributed by atoms with Crippen LogP contribution in [0.5, 0.6) is 5.75 Å². The molecule has 0 aliphatic rings. The zero-order chi connectivity index (χ0) is 12.1. The Bertz CT molecular complexity index is 439. The van der Waals surface area contributed by atoms with Crippen LogP contribution < -0.4 is 10.1 Å². The molecule has 0 aromatic heterocycles. The fourth-order valence-corrected chi connectivity index (χ4v) is 1.34. The summed E-state index contributed by atoms with van der Waals surface area (Å²) < 4.78 is 4.86. The minimum Gasteiger partial charge on any atom is -0.490 e. The molecular weight excluding hydrogens is 210 g/mol. The lowest BCUT2D eigenvalue weighted by atomic mass is 10.1. The summed E-state index contributed by atoms with van der Waals surface area (Å²) in [4.78, 5) is 10.2. The molecule has 0 aliphatic heterocycles. The molecular formula is C10H11N3O3. The SMILES string of the molecule is CNC(C#N)c1ccc(OC)c([N+](=O)[O-])c1. The topological polar surface area (TPSA) is 88.2 Å². The van der Waals surface area contributed by atoms with Gasteiger partial charge in [-0.05, 0) is 18.7 Å². The van der Waals surface area contributed by atoms with Gasteiger partial charge in [0.2, 0.25) is 0 Å². The number of nitriles is 1. The molecule has 0 saturated heterocycles. The first kappa shape index (κ1) is 11.9. The molecule has 1 unspecified atom stereocenters. The Labute approximate surface area is 92.6 Å². The number of nitro groups is 1. The van der Waals surface area contributed by atoms with Crippen molar-refractivity contribution in [1.29, 1.82) is 5.26 Å². The summed E-state index contributed by atoms with van der Waals surface area (Å²) in [5, 5.41) is 22.3. The van der Waals surface area contributed by atoms with Crippen molar-refractivity contribution in [2.45, 2.75) is 6.04 Å². The molecule has 0 spiro atoms. The molecule has 0 aliphatic carbocycles. The van der Waals surface area contributed by atoms with Gasteiger partial charge in [-0.1, -0.05) is 6.07 Å². The van der Waals surface area contributed by atoms with Gasteiger partial charge in [0.15, 0.2) is 5.75 Å².